The standard InChI is InChI=1S/C8H11NO7S3/c1-17(10)16-8-5-6(19(13,14)15)3-4-7(8)9-18(2,11)12/h3-5,9H,1-2H3,(H,13,14,15). The van der Waals surface area contributed by atoms with Crippen LogP contribution < -0.4 is 8.91 Å². The van der Waals surface area contributed by atoms with Crippen molar-refractivity contribution in [2.45, 2.75) is 4.90 Å². The third-order valence-electron chi connectivity index (χ3n) is 1.75. The molecule has 0 spiro atoms. The van der Waals surface area contributed by atoms with Crippen LogP contribution in [0.1, 0.15) is 0 Å². The summed E-state index contributed by atoms with van der Waals surface area (Å²) < 4.78 is 70.9. The lowest BCUT2D eigenvalue weighted by atomic mass is 10.3. The van der Waals surface area contributed by atoms with E-state index >= 15 is 0 Å². The number of anilines is 1. The molecule has 108 valence electrons. The minimum absolute atomic E-state index is 0.0925. The van der Waals surface area contributed by atoms with Gasteiger partial charge in [-0.25, -0.2) is 12.6 Å². The van der Waals surface area contributed by atoms with E-state index in [0.717, 1.165) is 24.5 Å². The molecular weight excluding hydrogens is 318 g/mol. The summed E-state index contributed by atoms with van der Waals surface area (Å²) in [6, 6.07) is 2.92. The highest BCUT2D eigenvalue weighted by atomic mass is 32.2. The Balaban J connectivity index is 3.36. The lowest BCUT2D eigenvalue weighted by Gasteiger charge is -2.10. The van der Waals surface area contributed by atoms with E-state index < -0.39 is 36.1 Å². The van der Waals surface area contributed by atoms with Crippen LogP contribution in [0.2, 0.25) is 0 Å². The SMILES string of the molecule is CS(=O)Oc1cc(S(=O)(=O)O)ccc1NS(C)(=O)=O. The summed E-state index contributed by atoms with van der Waals surface area (Å²) in [6.45, 7) is 0. The monoisotopic (exact) mass is 329 g/mol. The molecule has 0 aromatic heterocycles. The van der Waals surface area contributed by atoms with Gasteiger partial charge >= 0.3 is 0 Å². The Morgan fingerprint density at radius 1 is 1.26 bits per heavy atom. The Kier molecular flexibility index (Phi) is 4.55. The first-order chi connectivity index (χ1) is 8.49. The van der Waals surface area contributed by atoms with Crippen LogP contribution in [0, 0.1) is 0 Å². The van der Waals surface area contributed by atoms with Crippen molar-refractivity contribution in [3.8, 4) is 5.75 Å². The Morgan fingerprint density at radius 3 is 2.26 bits per heavy atom. The van der Waals surface area contributed by atoms with Crippen molar-refractivity contribution in [3.05, 3.63) is 18.2 Å². The van der Waals surface area contributed by atoms with Gasteiger partial charge in [-0.05, 0) is 12.1 Å². The molecule has 11 heteroatoms. The largest absolute Gasteiger partial charge is 0.398 e. The maximum atomic E-state index is 11.1. The van der Waals surface area contributed by atoms with Crippen molar-refractivity contribution in [3.63, 3.8) is 0 Å². The molecule has 0 aliphatic heterocycles. The van der Waals surface area contributed by atoms with Crippen molar-refractivity contribution in [2.75, 3.05) is 17.2 Å². The van der Waals surface area contributed by atoms with Crippen LogP contribution in [0.25, 0.3) is 0 Å². The quantitative estimate of drug-likeness (QED) is 0.727. The zero-order valence-corrected chi connectivity index (χ0v) is 12.3. The number of benzene rings is 1. The fraction of sp³-hybridized carbons (Fsp3) is 0.250. The summed E-state index contributed by atoms with van der Waals surface area (Å²) in [5, 5.41) is 0. The number of hydrogen-bond donors (Lipinski definition) is 2. The van der Waals surface area contributed by atoms with Crippen LogP contribution in [0.4, 0.5) is 5.69 Å². The van der Waals surface area contributed by atoms with Crippen molar-refractivity contribution in [1.29, 1.82) is 0 Å². The molecule has 0 radical (unpaired) electrons. The van der Waals surface area contributed by atoms with Crippen LogP contribution in [0.3, 0.4) is 0 Å². The lowest BCUT2D eigenvalue weighted by Crippen LogP contribution is -2.12. The van der Waals surface area contributed by atoms with E-state index in [-0.39, 0.29) is 11.4 Å². The maximum Gasteiger partial charge on any atom is 0.294 e. The van der Waals surface area contributed by atoms with Crippen molar-refractivity contribution in [2.24, 2.45) is 0 Å². The Morgan fingerprint density at radius 2 is 1.84 bits per heavy atom. The molecule has 8 nitrogen and oxygen atoms in total. The molecule has 1 unspecified atom stereocenters. The molecule has 1 atom stereocenters. The van der Waals surface area contributed by atoms with E-state index in [4.69, 9.17) is 8.74 Å². The second-order valence-electron chi connectivity index (χ2n) is 3.49. The predicted octanol–water partition coefficient (Wildman–Crippen LogP) is -0.0229. The minimum atomic E-state index is -4.48. The van der Waals surface area contributed by atoms with Gasteiger partial charge in [0, 0.05) is 12.3 Å². The molecular formula is C8H11NO7S3. The molecule has 1 rings (SSSR count). The van der Waals surface area contributed by atoms with Gasteiger partial charge in [0.25, 0.3) is 10.1 Å². The second-order valence-corrected chi connectivity index (χ2v) is 7.63. The molecule has 0 bridgehead atoms. The number of sulfonamides is 1. The summed E-state index contributed by atoms with van der Waals surface area (Å²) in [6.07, 6.45) is 2.06. The highest BCUT2D eigenvalue weighted by Crippen LogP contribution is 2.29. The van der Waals surface area contributed by atoms with E-state index in [2.05, 4.69) is 4.72 Å². The highest BCUT2D eigenvalue weighted by Gasteiger charge is 2.16. The van der Waals surface area contributed by atoms with E-state index in [1.54, 1.807) is 0 Å². The Labute approximate surface area is 113 Å². The maximum absolute atomic E-state index is 11.1. The van der Waals surface area contributed by atoms with Gasteiger partial charge in [-0.2, -0.15) is 8.42 Å². The van der Waals surface area contributed by atoms with Crippen LogP contribution >= 0.6 is 0 Å². The van der Waals surface area contributed by atoms with Gasteiger partial charge in [0.05, 0.1) is 16.8 Å². The molecule has 0 fully saturated rings. The van der Waals surface area contributed by atoms with Gasteiger partial charge in [0.1, 0.15) is 0 Å². The fourth-order valence-electron chi connectivity index (χ4n) is 1.14. The van der Waals surface area contributed by atoms with E-state index in [0.29, 0.717) is 0 Å². The number of hydrogen-bond acceptors (Lipinski definition) is 6. The second kappa shape index (κ2) is 5.45. The summed E-state index contributed by atoms with van der Waals surface area (Å²) >= 11 is -1.80. The van der Waals surface area contributed by atoms with Gasteiger partial charge in [-0.1, -0.05) is 0 Å². The average molecular weight is 329 g/mol. The number of rotatable bonds is 5. The highest BCUT2D eigenvalue weighted by molar-refractivity contribution is 7.92. The molecule has 0 saturated carbocycles. The topological polar surface area (TPSA) is 127 Å². The van der Waals surface area contributed by atoms with Crippen molar-refractivity contribution < 1.29 is 29.8 Å². The third-order valence-corrected chi connectivity index (χ3v) is 3.61. The Bertz CT molecular complexity index is 708. The van der Waals surface area contributed by atoms with E-state index in [1.807, 2.05) is 0 Å². The Hall–Kier alpha value is -1.17. The normalized spacial score (nSPS) is 13.8. The van der Waals surface area contributed by atoms with Gasteiger partial charge < -0.3 is 4.18 Å². The number of nitrogens with one attached hydrogen (secondary N) is 1. The first-order valence-electron chi connectivity index (χ1n) is 4.60. The van der Waals surface area contributed by atoms with Crippen LogP contribution in [-0.2, 0) is 31.2 Å². The predicted molar refractivity (Wildman–Crippen MR) is 69.4 cm³/mol. The van der Waals surface area contributed by atoms with E-state index in [1.165, 1.54) is 6.26 Å². The minimum Gasteiger partial charge on any atom is -0.398 e. The van der Waals surface area contributed by atoms with Crippen molar-refractivity contribution >= 4 is 36.9 Å². The van der Waals surface area contributed by atoms with Gasteiger partial charge in [-0.3, -0.25) is 9.27 Å². The molecule has 0 heterocycles. The zero-order chi connectivity index (χ0) is 14.8. The first-order valence-corrected chi connectivity index (χ1v) is 9.41. The molecule has 2 N–H and O–H groups in total. The molecule has 0 amide bonds. The summed E-state index contributed by atoms with van der Waals surface area (Å²) in [7, 11) is -8.10. The zero-order valence-electron chi connectivity index (χ0n) is 9.85. The summed E-state index contributed by atoms with van der Waals surface area (Å²) in [4.78, 5) is -0.507. The molecule has 0 aliphatic carbocycles. The summed E-state index contributed by atoms with van der Waals surface area (Å²) in [5.41, 5.74) is -0.0925. The average Bonchev–Trinajstić information content (AvgIpc) is 2.15. The van der Waals surface area contributed by atoms with Crippen molar-refractivity contribution in [1.82, 2.24) is 0 Å². The molecule has 1 aromatic rings. The van der Waals surface area contributed by atoms with Crippen LogP contribution in [-0.4, -0.2) is 38.1 Å². The lowest BCUT2D eigenvalue weighted by molar-refractivity contribution is 0.482. The molecule has 19 heavy (non-hydrogen) atoms. The smallest absolute Gasteiger partial charge is 0.294 e. The van der Waals surface area contributed by atoms with E-state index in [9.17, 15) is 21.0 Å². The molecule has 1 aromatic carbocycles. The van der Waals surface area contributed by atoms with Crippen LogP contribution in [0.15, 0.2) is 23.1 Å². The first kappa shape index (κ1) is 15.9. The fourth-order valence-corrected chi connectivity index (χ4v) is 2.60. The van der Waals surface area contributed by atoms with Gasteiger partial charge in [-0.15, -0.1) is 0 Å². The summed E-state index contributed by atoms with van der Waals surface area (Å²) in [5.74, 6) is -0.276. The van der Waals surface area contributed by atoms with Crippen LogP contribution in [0.5, 0.6) is 5.75 Å². The third kappa shape index (κ3) is 5.14. The van der Waals surface area contributed by atoms with Gasteiger partial charge in [0.2, 0.25) is 21.1 Å². The molecule has 0 aliphatic rings. The molecule has 0 saturated heterocycles. The van der Waals surface area contributed by atoms with Gasteiger partial charge in [0.15, 0.2) is 5.75 Å².